The number of benzene rings is 1. The first-order valence-corrected chi connectivity index (χ1v) is 11.1. The van der Waals surface area contributed by atoms with E-state index < -0.39 is 22.8 Å². The Hall–Kier alpha value is -0.0501. The number of carbonyl (C=O) groups excluding carboxylic acids is 2. The first-order valence-electron chi connectivity index (χ1n) is 6.41. The van der Waals surface area contributed by atoms with E-state index >= 15 is 0 Å². The van der Waals surface area contributed by atoms with Gasteiger partial charge in [-0.15, -0.1) is 0 Å². The second-order valence-electron chi connectivity index (χ2n) is 5.43. The van der Waals surface area contributed by atoms with Crippen LogP contribution in [0.4, 0.5) is 0 Å². The molecule has 0 spiro atoms. The Labute approximate surface area is 139 Å². The molecule has 1 aromatic rings. The summed E-state index contributed by atoms with van der Waals surface area (Å²) in [5, 5.41) is 4.67. The number of Topliss-reactive ketones (excluding diaryl/α,β-unsaturated/α-hetero) is 1. The van der Waals surface area contributed by atoms with Crippen molar-refractivity contribution >= 4 is 64.0 Å². The number of ketones is 1. The zero-order valence-electron chi connectivity index (χ0n) is 10.8. The van der Waals surface area contributed by atoms with Crippen molar-refractivity contribution in [2.24, 2.45) is 0 Å². The van der Waals surface area contributed by atoms with Gasteiger partial charge in [0.15, 0.2) is 0 Å². The van der Waals surface area contributed by atoms with E-state index in [0.717, 1.165) is 5.56 Å². The van der Waals surface area contributed by atoms with Crippen LogP contribution in [-0.2, 0) is 11.2 Å². The molecule has 2 heterocycles. The van der Waals surface area contributed by atoms with Gasteiger partial charge < -0.3 is 0 Å². The maximum absolute atomic E-state index is 12.5. The minimum atomic E-state index is -0.950. The second kappa shape index (κ2) is 4.24. The van der Waals surface area contributed by atoms with E-state index in [4.69, 9.17) is 4.74 Å². The molecule has 20 heavy (non-hydrogen) atoms. The molecule has 1 aliphatic carbocycles. The zero-order chi connectivity index (χ0) is 14.1. The van der Waals surface area contributed by atoms with Crippen molar-refractivity contribution in [2.75, 3.05) is 0 Å². The van der Waals surface area contributed by atoms with E-state index in [9.17, 15) is 9.59 Å². The average molecular weight is 490 g/mol. The van der Waals surface area contributed by atoms with Crippen LogP contribution in [0.25, 0.3) is 0 Å². The number of carbonyl (C=O) groups is 2. The van der Waals surface area contributed by atoms with Gasteiger partial charge in [0, 0.05) is 0 Å². The molecule has 2 saturated heterocycles. The summed E-state index contributed by atoms with van der Waals surface area (Å²) in [6.07, 6.45) is 1.20. The standard InChI is InChI=1S/C13H10B2I2O3/c1-12(16,13-14-17(13)15-13)11(19)20-10-4-2-3-7-8(10)5-6-9(7)18/h2-4H,5-6H2,1H3. The van der Waals surface area contributed by atoms with Crippen LogP contribution in [0.3, 0.4) is 0 Å². The van der Waals surface area contributed by atoms with E-state index in [-0.39, 0.29) is 15.0 Å². The van der Waals surface area contributed by atoms with E-state index in [2.05, 4.69) is 32.9 Å². The number of rotatable bonds is 3. The summed E-state index contributed by atoms with van der Waals surface area (Å²) >= 11 is 1.28. The van der Waals surface area contributed by atoms with Crippen molar-refractivity contribution in [3.8, 4) is 5.75 Å². The van der Waals surface area contributed by atoms with Crippen LogP contribution >= 0.6 is 42.0 Å². The summed E-state index contributed by atoms with van der Waals surface area (Å²) in [7, 11) is 0. The molecule has 0 saturated carbocycles. The van der Waals surface area contributed by atoms with Crippen molar-refractivity contribution in [3.63, 3.8) is 0 Å². The Morgan fingerprint density at radius 3 is 2.80 bits per heavy atom. The molecular weight excluding hydrogens is 480 g/mol. The number of fused-ring (bicyclic) bond motifs is 2. The molecule has 3 aliphatic rings. The van der Waals surface area contributed by atoms with Crippen LogP contribution in [0.5, 0.6) is 5.75 Å². The minimum absolute atomic E-state index is 0.113. The van der Waals surface area contributed by atoms with Gasteiger partial charge in [-0.3, -0.25) is 0 Å². The maximum atomic E-state index is 12.5. The Kier molecular flexibility index (Phi) is 2.88. The fourth-order valence-electron chi connectivity index (χ4n) is 2.61. The van der Waals surface area contributed by atoms with Crippen molar-refractivity contribution < 1.29 is 14.3 Å². The molecule has 1 atom stereocenters. The molecule has 3 nitrogen and oxygen atoms in total. The zero-order valence-corrected chi connectivity index (χ0v) is 15.1. The molecule has 0 aromatic heterocycles. The fraction of sp³-hybridized carbons (Fsp3) is 0.385. The van der Waals surface area contributed by atoms with Crippen LogP contribution in [-0.4, -0.2) is 28.7 Å². The Bertz CT molecular complexity index is 653. The molecule has 2 fully saturated rings. The first-order chi connectivity index (χ1) is 9.46. The molecule has 7 heteroatoms. The Morgan fingerprint density at radius 2 is 2.15 bits per heavy atom. The van der Waals surface area contributed by atoms with E-state index in [1.807, 2.05) is 13.0 Å². The molecule has 2 aliphatic heterocycles. The fourth-order valence-corrected chi connectivity index (χ4v) is 11.9. The van der Waals surface area contributed by atoms with Crippen LogP contribution in [0.1, 0.15) is 29.3 Å². The predicted octanol–water partition coefficient (Wildman–Crippen LogP) is 2.34. The van der Waals surface area contributed by atoms with Gasteiger partial charge >= 0.3 is 140 Å². The molecule has 1 unspecified atom stereocenters. The van der Waals surface area contributed by atoms with Crippen molar-refractivity contribution in [2.45, 2.75) is 26.4 Å². The summed E-state index contributed by atoms with van der Waals surface area (Å²) in [4.78, 5) is 24.2. The van der Waals surface area contributed by atoms with E-state index in [1.54, 1.807) is 12.1 Å². The number of esters is 1. The van der Waals surface area contributed by atoms with Gasteiger partial charge in [0.25, 0.3) is 0 Å². The summed E-state index contributed by atoms with van der Waals surface area (Å²) < 4.78 is 5.28. The van der Waals surface area contributed by atoms with Gasteiger partial charge in [0.1, 0.15) is 0 Å². The summed E-state index contributed by atoms with van der Waals surface area (Å²) in [5.41, 5.74) is 1.61. The SMILES string of the molecule is CC(I)(C(=O)Oc1cccc2c1CCC2=O)C12[B]I1[B]2. The predicted molar refractivity (Wildman–Crippen MR) is 95.4 cm³/mol. The van der Waals surface area contributed by atoms with Crippen molar-refractivity contribution in [1.82, 2.24) is 0 Å². The molecular formula is C13H10B2I2O3. The third kappa shape index (κ3) is 1.77. The number of hydrogen-bond acceptors (Lipinski definition) is 3. The second-order valence-corrected chi connectivity index (χ2v) is 12.6. The van der Waals surface area contributed by atoms with Gasteiger partial charge in [-0.1, -0.05) is 0 Å². The number of halogens is 2. The van der Waals surface area contributed by atoms with Gasteiger partial charge in [-0.25, -0.2) is 0 Å². The van der Waals surface area contributed by atoms with Crippen LogP contribution in [0.2, 0.25) is 0 Å². The van der Waals surface area contributed by atoms with E-state index in [0.29, 0.717) is 24.2 Å². The molecule has 1 aromatic carbocycles. The number of hydrogen-bond donors (Lipinski definition) is 0. The van der Waals surface area contributed by atoms with Crippen molar-refractivity contribution in [3.05, 3.63) is 29.3 Å². The van der Waals surface area contributed by atoms with Gasteiger partial charge in [0.05, 0.1) is 0 Å². The van der Waals surface area contributed by atoms with Crippen LogP contribution < -0.4 is 4.74 Å². The van der Waals surface area contributed by atoms with Gasteiger partial charge in [-0.05, 0) is 0 Å². The molecule has 0 N–H and O–H groups in total. The van der Waals surface area contributed by atoms with E-state index in [1.165, 1.54) is 0 Å². The Balaban J connectivity index is 1.61. The monoisotopic (exact) mass is 490 g/mol. The Morgan fingerprint density at radius 1 is 1.45 bits per heavy atom. The van der Waals surface area contributed by atoms with Gasteiger partial charge in [-0.2, -0.15) is 0 Å². The number of alkyl halides is 2. The normalized spacial score (nSPS) is 24.7. The third-order valence-corrected chi connectivity index (χ3v) is 12.2. The van der Waals surface area contributed by atoms with Gasteiger partial charge in [0.2, 0.25) is 0 Å². The molecule has 0 amide bonds. The molecule has 2 radical (unpaired) electrons. The van der Waals surface area contributed by atoms with Crippen molar-refractivity contribution in [1.29, 1.82) is 0 Å². The average Bonchev–Trinajstić information content (AvgIpc) is 3.23. The quantitative estimate of drug-likeness (QED) is 0.215. The summed E-state index contributed by atoms with van der Waals surface area (Å²) in [5.74, 6) is 0.531. The topological polar surface area (TPSA) is 43.4 Å². The third-order valence-electron chi connectivity index (χ3n) is 4.16. The van der Waals surface area contributed by atoms with Crippen LogP contribution in [0.15, 0.2) is 18.2 Å². The summed E-state index contributed by atoms with van der Waals surface area (Å²) in [6.45, 7) is 1.96. The van der Waals surface area contributed by atoms with Crippen LogP contribution in [0, 0.1) is 0 Å². The first kappa shape index (κ1) is 13.6. The molecule has 100 valence electrons. The number of ether oxygens (including phenoxy) is 1. The molecule has 0 bridgehead atoms. The summed E-state index contributed by atoms with van der Waals surface area (Å²) in [6, 6.07) is 5.40. The molecule has 4 rings (SSSR count).